The number of benzene rings is 2. The number of methoxy groups -OCH3 is 1. The topological polar surface area (TPSA) is 43.7 Å². The average Bonchev–Trinajstić information content (AvgIpc) is 3.05. The quantitative estimate of drug-likeness (QED) is 0.515. The van der Waals surface area contributed by atoms with E-state index in [1.54, 1.807) is 6.07 Å². The van der Waals surface area contributed by atoms with Crippen LogP contribution in [0.15, 0.2) is 48.5 Å². The molecular formula is C24H25F3N2O3. The largest absolute Gasteiger partial charge is 0.573 e. The van der Waals surface area contributed by atoms with Crippen LogP contribution in [0.3, 0.4) is 0 Å². The zero-order valence-electron chi connectivity index (χ0n) is 18.0. The van der Waals surface area contributed by atoms with Gasteiger partial charge in [0.1, 0.15) is 5.75 Å². The number of aromatic nitrogens is 1. The number of hydrogen-bond acceptors (Lipinski definition) is 4. The molecule has 8 heteroatoms. The van der Waals surface area contributed by atoms with Crippen molar-refractivity contribution in [1.29, 1.82) is 0 Å². The van der Waals surface area contributed by atoms with E-state index in [0.717, 1.165) is 30.6 Å². The Hall–Kier alpha value is -3.00. The van der Waals surface area contributed by atoms with Crippen molar-refractivity contribution in [3.05, 3.63) is 65.4 Å². The van der Waals surface area contributed by atoms with Crippen molar-refractivity contribution in [1.82, 2.24) is 9.47 Å². The standard InChI is InChI=1S/C24H25F3N2O3/c1-28(14-16-6-4-3-5-7-16)17-8-10-21-20(13-23(30)31-2)19-12-18(32-24(25,26)27)9-11-22(19)29(21)15-17/h3-7,9,11-12,17H,8,10,13-15H2,1-2H3. The number of hydrogen-bond donors (Lipinski definition) is 0. The van der Waals surface area contributed by atoms with Gasteiger partial charge in [-0.3, -0.25) is 9.69 Å². The van der Waals surface area contributed by atoms with E-state index in [9.17, 15) is 18.0 Å². The molecule has 0 radical (unpaired) electrons. The van der Waals surface area contributed by atoms with Crippen LogP contribution in [0.5, 0.6) is 5.75 Å². The lowest BCUT2D eigenvalue weighted by molar-refractivity contribution is -0.274. The number of likely N-dealkylation sites (N-methyl/N-ethyl adjacent to an activating group) is 1. The minimum Gasteiger partial charge on any atom is -0.469 e. The summed E-state index contributed by atoms with van der Waals surface area (Å²) >= 11 is 0. The summed E-state index contributed by atoms with van der Waals surface area (Å²) in [7, 11) is 3.39. The zero-order valence-corrected chi connectivity index (χ0v) is 18.0. The van der Waals surface area contributed by atoms with Gasteiger partial charge < -0.3 is 14.0 Å². The molecule has 32 heavy (non-hydrogen) atoms. The van der Waals surface area contributed by atoms with Crippen molar-refractivity contribution in [3.8, 4) is 5.75 Å². The predicted octanol–water partition coefficient (Wildman–Crippen LogP) is 4.70. The first-order valence-electron chi connectivity index (χ1n) is 10.5. The van der Waals surface area contributed by atoms with E-state index in [4.69, 9.17) is 4.74 Å². The Morgan fingerprint density at radius 2 is 1.94 bits per heavy atom. The van der Waals surface area contributed by atoms with E-state index in [-0.39, 0.29) is 18.2 Å². The zero-order chi connectivity index (χ0) is 22.9. The molecule has 0 bridgehead atoms. The minimum absolute atomic E-state index is 0.00925. The molecule has 2 heterocycles. The summed E-state index contributed by atoms with van der Waals surface area (Å²) < 4.78 is 49.3. The van der Waals surface area contributed by atoms with Crippen molar-refractivity contribution in [3.63, 3.8) is 0 Å². The Balaban J connectivity index is 1.67. The summed E-state index contributed by atoms with van der Waals surface area (Å²) in [5.74, 6) is -0.720. The van der Waals surface area contributed by atoms with Crippen LogP contribution >= 0.6 is 0 Å². The maximum atomic E-state index is 12.7. The molecule has 1 aromatic heterocycles. The monoisotopic (exact) mass is 446 g/mol. The number of carbonyl (C=O) groups excluding carboxylic acids is 1. The molecule has 1 unspecified atom stereocenters. The van der Waals surface area contributed by atoms with E-state index in [2.05, 4.69) is 33.4 Å². The molecule has 0 aliphatic carbocycles. The van der Waals surface area contributed by atoms with Gasteiger partial charge in [0.15, 0.2) is 0 Å². The molecule has 1 atom stereocenters. The van der Waals surface area contributed by atoms with Gasteiger partial charge in [0.2, 0.25) is 0 Å². The predicted molar refractivity (Wildman–Crippen MR) is 114 cm³/mol. The van der Waals surface area contributed by atoms with E-state index >= 15 is 0 Å². The van der Waals surface area contributed by atoms with E-state index in [1.165, 1.54) is 24.8 Å². The Morgan fingerprint density at radius 1 is 1.19 bits per heavy atom. The lowest BCUT2D eigenvalue weighted by Crippen LogP contribution is -2.38. The smallest absolute Gasteiger partial charge is 0.469 e. The number of ether oxygens (including phenoxy) is 2. The Labute approximate surface area is 184 Å². The highest BCUT2D eigenvalue weighted by Gasteiger charge is 2.32. The Morgan fingerprint density at radius 3 is 2.62 bits per heavy atom. The van der Waals surface area contributed by atoms with Crippen LogP contribution in [0, 0.1) is 0 Å². The first-order valence-corrected chi connectivity index (χ1v) is 10.5. The summed E-state index contributed by atoms with van der Waals surface area (Å²) in [6.07, 6.45) is -3.16. The van der Waals surface area contributed by atoms with Crippen molar-refractivity contribution >= 4 is 16.9 Å². The normalized spacial score (nSPS) is 16.2. The average molecular weight is 446 g/mol. The van der Waals surface area contributed by atoms with Gasteiger partial charge >= 0.3 is 12.3 Å². The van der Waals surface area contributed by atoms with Crippen LogP contribution in [-0.4, -0.2) is 42.0 Å². The summed E-state index contributed by atoms with van der Waals surface area (Å²) in [6.45, 7) is 1.49. The number of halogens is 3. The molecule has 170 valence electrons. The van der Waals surface area contributed by atoms with E-state index in [1.807, 2.05) is 18.2 Å². The number of fused-ring (bicyclic) bond motifs is 3. The highest BCUT2D eigenvalue weighted by molar-refractivity contribution is 5.90. The molecular weight excluding hydrogens is 421 g/mol. The second-order valence-electron chi connectivity index (χ2n) is 8.11. The van der Waals surface area contributed by atoms with Gasteiger partial charge in [0, 0.05) is 35.7 Å². The highest BCUT2D eigenvalue weighted by atomic mass is 19.4. The Bertz CT molecular complexity index is 1110. The molecule has 4 rings (SSSR count). The SMILES string of the molecule is COC(=O)Cc1c2n(c3ccc(OC(F)(F)F)cc13)CC(N(C)Cc1ccccc1)CC2. The maximum Gasteiger partial charge on any atom is 0.573 e. The number of alkyl halides is 3. The molecule has 0 spiro atoms. The van der Waals surface area contributed by atoms with Crippen LogP contribution < -0.4 is 4.74 Å². The van der Waals surface area contributed by atoms with Crippen LogP contribution in [0.25, 0.3) is 10.9 Å². The van der Waals surface area contributed by atoms with E-state index in [0.29, 0.717) is 17.5 Å². The van der Waals surface area contributed by atoms with Crippen LogP contribution in [0.2, 0.25) is 0 Å². The summed E-state index contributed by atoms with van der Waals surface area (Å²) in [4.78, 5) is 14.3. The first kappa shape index (κ1) is 22.2. The molecule has 0 saturated heterocycles. The number of esters is 1. The molecule has 5 nitrogen and oxygen atoms in total. The molecule has 3 aromatic rings. The van der Waals surface area contributed by atoms with Gasteiger partial charge in [-0.1, -0.05) is 30.3 Å². The molecule has 0 N–H and O–H groups in total. The fraction of sp³-hybridized carbons (Fsp3) is 0.375. The number of rotatable bonds is 6. The third-order valence-corrected chi connectivity index (χ3v) is 6.05. The first-order chi connectivity index (χ1) is 15.2. The lowest BCUT2D eigenvalue weighted by Gasteiger charge is -2.33. The van der Waals surface area contributed by atoms with Gasteiger partial charge in [-0.2, -0.15) is 0 Å². The third kappa shape index (κ3) is 4.75. The number of nitrogens with zero attached hydrogens (tertiary/aromatic N) is 2. The van der Waals surface area contributed by atoms with Crippen molar-refractivity contribution in [2.24, 2.45) is 0 Å². The molecule has 0 amide bonds. The Kier molecular flexibility index (Phi) is 6.15. The fourth-order valence-corrected chi connectivity index (χ4v) is 4.53. The number of carbonyl (C=O) groups is 1. The van der Waals surface area contributed by atoms with Crippen molar-refractivity contribution in [2.75, 3.05) is 14.2 Å². The molecule has 2 aromatic carbocycles. The molecule has 1 aliphatic heterocycles. The molecule has 0 saturated carbocycles. The second-order valence-corrected chi connectivity index (χ2v) is 8.11. The van der Waals surface area contributed by atoms with E-state index < -0.39 is 12.3 Å². The lowest BCUT2D eigenvalue weighted by atomic mass is 9.99. The molecule has 1 aliphatic rings. The molecule has 0 fully saturated rings. The van der Waals surface area contributed by atoms with Gasteiger partial charge in [-0.15, -0.1) is 13.2 Å². The van der Waals surface area contributed by atoms with Gasteiger partial charge in [-0.25, -0.2) is 0 Å². The van der Waals surface area contributed by atoms with Crippen LogP contribution in [-0.2, 0) is 35.5 Å². The maximum absolute atomic E-state index is 12.7. The summed E-state index contributed by atoms with van der Waals surface area (Å²) in [6, 6.07) is 14.8. The third-order valence-electron chi connectivity index (χ3n) is 6.05. The van der Waals surface area contributed by atoms with Gasteiger partial charge in [0.05, 0.1) is 13.5 Å². The fourth-order valence-electron chi connectivity index (χ4n) is 4.53. The highest BCUT2D eigenvalue weighted by Crippen LogP contribution is 2.36. The van der Waals surface area contributed by atoms with Gasteiger partial charge in [-0.05, 0) is 49.2 Å². The van der Waals surface area contributed by atoms with Crippen molar-refractivity contribution < 1.29 is 27.4 Å². The second kappa shape index (κ2) is 8.86. The van der Waals surface area contributed by atoms with Gasteiger partial charge in [0.25, 0.3) is 0 Å². The van der Waals surface area contributed by atoms with Crippen LogP contribution in [0.1, 0.15) is 23.2 Å². The minimum atomic E-state index is -4.78. The summed E-state index contributed by atoms with van der Waals surface area (Å²) in [5.41, 5.74) is 3.70. The van der Waals surface area contributed by atoms with Crippen LogP contribution in [0.4, 0.5) is 13.2 Å². The summed E-state index contributed by atoms with van der Waals surface area (Å²) in [5, 5.41) is 0.596. The van der Waals surface area contributed by atoms with Crippen molar-refractivity contribution in [2.45, 2.75) is 44.8 Å².